The lowest BCUT2D eigenvalue weighted by Crippen LogP contribution is -2.02. The number of thiophene rings is 1. The van der Waals surface area contributed by atoms with E-state index in [1.54, 1.807) is 0 Å². The van der Waals surface area contributed by atoms with Crippen LogP contribution in [-0.4, -0.2) is 9.13 Å². The molecule has 3 heteroatoms. The number of hydrogen-bond donors (Lipinski definition) is 0. The van der Waals surface area contributed by atoms with Crippen LogP contribution in [-0.2, 0) is 6.42 Å². The molecule has 1 aliphatic carbocycles. The molecule has 3 heterocycles. The van der Waals surface area contributed by atoms with Gasteiger partial charge in [0.25, 0.3) is 0 Å². The van der Waals surface area contributed by atoms with Crippen LogP contribution in [0.25, 0.3) is 158 Å². The van der Waals surface area contributed by atoms with Crippen molar-refractivity contribution in [3.05, 3.63) is 272 Å². The molecule has 0 amide bonds. The van der Waals surface area contributed by atoms with Gasteiger partial charge in [-0.05, 0) is 180 Å². The molecule has 0 saturated heterocycles. The van der Waals surface area contributed by atoms with Crippen molar-refractivity contribution >= 4 is 114 Å². The molecule has 16 aromatic rings. The molecule has 0 unspecified atom stereocenters. The maximum absolute atomic E-state index is 2.48. The zero-order valence-corrected chi connectivity index (χ0v) is 43.9. The molecule has 0 atom stereocenters. The van der Waals surface area contributed by atoms with E-state index in [2.05, 4.69) is 276 Å². The van der Waals surface area contributed by atoms with Crippen LogP contribution in [0.4, 0.5) is 0 Å². The first-order chi connectivity index (χ1) is 39.2. The average molecular weight is 1020 g/mol. The van der Waals surface area contributed by atoms with E-state index < -0.39 is 0 Å². The predicted molar refractivity (Wildman–Crippen MR) is 340 cm³/mol. The average Bonchev–Trinajstić information content (AvgIpc) is 4.37. The van der Waals surface area contributed by atoms with Crippen LogP contribution in [0.15, 0.2) is 261 Å². The van der Waals surface area contributed by atoms with Crippen molar-refractivity contribution in [2.75, 3.05) is 0 Å². The second kappa shape index (κ2) is 17.4. The molecule has 2 nitrogen and oxygen atoms in total. The number of benzene rings is 13. The fourth-order valence-corrected chi connectivity index (χ4v) is 15.0. The van der Waals surface area contributed by atoms with Gasteiger partial charge in [0.15, 0.2) is 0 Å². The summed E-state index contributed by atoms with van der Waals surface area (Å²) < 4.78 is 7.41. The third-order valence-corrected chi connectivity index (χ3v) is 18.3. The lowest BCUT2D eigenvalue weighted by atomic mass is 9.80. The Morgan fingerprint density at radius 1 is 0.278 bits per heavy atom. The van der Waals surface area contributed by atoms with Crippen LogP contribution in [0.5, 0.6) is 0 Å². The largest absolute Gasteiger partial charge is 0.309 e. The van der Waals surface area contributed by atoms with E-state index in [4.69, 9.17) is 0 Å². The second-order valence-corrected chi connectivity index (χ2v) is 22.4. The van der Waals surface area contributed by atoms with Crippen molar-refractivity contribution in [2.24, 2.45) is 0 Å². The Bertz CT molecular complexity index is 5190. The molecule has 13 aromatic carbocycles. The highest BCUT2D eigenvalue weighted by atomic mass is 32.1. The molecule has 0 saturated carbocycles. The monoisotopic (exact) mass is 1020 g/mol. The van der Waals surface area contributed by atoms with Crippen LogP contribution in [0.3, 0.4) is 0 Å². The van der Waals surface area contributed by atoms with E-state index in [-0.39, 0.29) is 0 Å². The fraction of sp³-hybridized carbons (Fsp3) is 0.0263. The summed E-state index contributed by atoms with van der Waals surface area (Å²) in [6, 6.07) is 95.2. The smallest absolute Gasteiger partial charge is 0.0541 e. The predicted octanol–water partition coefficient (Wildman–Crippen LogP) is 21.3. The van der Waals surface area contributed by atoms with E-state index in [1.165, 1.54) is 163 Å². The van der Waals surface area contributed by atoms with E-state index in [0.29, 0.717) is 0 Å². The SMILES string of the molecule is C1=Cc2c(c(-c3ccc4c(c3)c3ccccc3n4-c3ccccc3)c3ccccc3c2-c2ccc3sc4cc(-c5c6ccccc6c(-c6ccc7c(c6)c6ccccc6n7-c6ccccc6)c6ccccc56)ccc4c3c2)CC1. The molecule has 0 aliphatic heterocycles. The Balaban J connectivity index is 0.805. The van der Waals surface area contributed by atoms with Crippen molar-refractivity contribution < 1.29 is 0 Å². The molecule has 79 heavy (non-hydrogen) atoms. The Hall–Kier alpha value is -9.80. The summed E-state index contributed by atoms with van der Waals surface area (Å²) in [5, 5.41) is 15.3. The molecule has 0 bridgehead atoms. The molecule has 0 fully saturated rings. The molecule has 368 valence electrons. The van der Waals surface area contributed by atoms with Gasteiger partial charge < -0.3 is 9.13 Å². The first-order valence-electron chi connectivity index (χ1n) is 27.5. The van der Waals surface area contributed by atoms with Gasteiger partial charge in [-0.3, -0.25) is 0 Å². The Labute approximate surface area is 460 Å². The van der Waals surface area contributed by atoms with Crippen molar-refractivity contribution in [2.45, 2.75) is 12.8 Å². The van der Waals surface area contributed by atoms with Crippen LogP contribution >= 0.6 is 11.3 Å². The summed E-state index contributed by atoms with van der Waals surface area (Å²) >= 11 is 1.90. The van der Waals surface area contributed by atoms with Gasteiger partial charge >= 0.3 is 0 Å². The molecule has 1 aliphatic rings. The van der Waals surface area contributed by atoms with Crippen molar-refractivity contribution in [3.63, 3.8) is 0 Å². The lowest BCUT2D eigenvalue weighted by Gasteiger charge is -2.24. The van der Waals surface area contributed by atoms with Gasteiger partial charge in [0.05, 0.1) is 22.1 Å². The maximum atomic E-state index is 2.48. The summed E-state index contributed by atoms with van der Waals surface area (Å²) in [4.78, 5) is 0. The number of rotatable bonds is 6. The lowest BCUT2D eigenvalue weighted by molar-refractivity contribution is 0.991. The van der Waals surface area contributed by atoms with Gasteiger partial charge in [0.1, 0.15) is 0 Å². The molecule has 0 spiro atoms. The standard InChI is InChI=1S/C76H48N2S/c1-3-19-51(20-4-1)77-67-33-17-15-23-53(67)64-43-47(36-40-69(64)77)73-56-25-7-9-27-58(56)75(59-28-10-8-26-57(59)73)49-38-42-71-66(45-49)55-39-35-50(46-72(55)79-71)76-62-31-13-11-29-60(62)74(61-30-12-14-32-63(61)76)48-37-41-70-65(44-48)54-24-16-18-34-68(54)78(70)52-21-5-2-6-22-52/h1-7,9-25,27-46H,8,26H2. The first kappa shape index (κ1) is 44.3. The van der Waals surface area contributed by atoms with E-state index >= 15 is 0 Å². The molecule has 3 aromatic heterocycles. The topological polar surface area (TPSA) is 9.86 Å². The molecular weight excluding hydrogens is 973 g/mol. The zero-order valence-electron chi connectivity index (χ0n) is 43.1. The normalized spacial score (nSPS) is 12.7. The summed E-state index contributed by atoms with van der Waals surface area (Å²) in [7, 11) is 0. The van der Waals surface area contributed by atoms with Gasteiger partial charge in [-0.25, -0.2) is 0 Å². The Morgan fingerprint density at radius 2 is 0.684 bits per heavy atom. The van der Waals surface area contributed by atoms with Crippen LogP contribution in [0, 0.1) is 0 Å². The van der Waals surface area contributed by atoms with E-state index in [0.717, 1.165) is 12.8 Å². The number of fused-ring (bicyclic) bond motifs is 13. The Kier molecular flexibility index (Phi) is 9.74. The minimum absolute atomic E-state index is 0.995. The third-order valence-electron chi connectivity index (χ3n) is 17.1. The summed E-state index contributed by atoms with van der Waals surface area (Å²) in [5.41, 5.74) is 20.2. The number of para-hydroxylation sites is 4. The summed E-state index contributed by atoms with van der Waals surface area (Å²) in [6.45, 7) is 0. The van der Waals surface area contributed by atoms with Crippen molar-refractivity contribution in [1.29, 1.82) is 0 Å². The van der Waals surface area contributed by atoms with Gasteiger partial charge in [0, 0.05) is 53.1 Å². The third kappa shape index (κ3) is 6.64. The highest BCUT2D eigenvalue weighted by Gasteiger charge is 2.25. The summed E-state index contributed by atoms with van der Waals surface area (Å²) in [5.74, 6) is 0. The van der Waals surface area contributed by atoms with E-state index in [9.17, 15) is 0 Å². The van der Waals surface area contributed by atoms with Crippen molar-refractivity contribution in [1.82, 2.24) is 9.13 Å². The highest BCUT2D eigenvalue weighted by Crippen LogP contribution is 2.50. The van der Waals surface area contributed by atoms with Gasteiger partial charge in [-0.15, -0.1) is 11.3 Å². The molecule has 0 N–H and O–H groups in total. The summed E-state index contributed by atoms with van der Waals surface area (Å²) in [6.07, 6.45) is 6.81. The number of allylic oxidation sites excluding steroid dienone is 1. The minimum Gasteiger partial charge on any atom is -0.309 e. The van der Waals surface area contributed by atoms with Crippen LogP contribution < -0.4 is 0 Å². The van der Waals surface area contributed by atoms with E-state index in [1.807, 2.05) is 11.3 Å². The molecular formula is C76H48N2S. The number of aromatic nitrogens is 2. The van der Waals surface area contributed by atoms with Crippen LogP contribution in [0.2, 0.25) is 0 Å². The minimum atomic E-state index is 0.995. The fourth-order valence-electron chi connectivity index (χ4n) is 13.8. The van der Waals surface area contributed by atoms with Gasteiger partial charge in [0.2, 0.25) is 0 Å². The molecule has 17 rings (SSSR count). The highest BCUT2D eigenvalue weighted by molar-refractivity contribution is 7.25. The second-order valence-electron chi connectivity index (χ2n) is 21.3. The molecule has 0 radical (unpaired) electrons. The van der Waals surface area contributed by atoms with Gasteiger partial charge in [-0.2, -0.15) is 0 Å². The Morgan fingerprint density at radius 3 is 1.24 bits per heavy atom. The number of nitrogens with zero attached hydrogens (tertiary/aromatic N) is 2. The van der Waals surface area contributed by atoms with Crippen LogP contribution in [0.1, 0.15) is 17.5 Å². The first-order valence-corrected chi connectivity index (χ1v) is 28.4. The number of hydrogen-bond acceptors (Lipinski definition) is 1. The maximum Gasteiger partial charge on any atom is 0.0541 e. The van der Waals surface area contributed by atoms with Crippen molar-refractivity contribution in [3.8, 4) is 55.9 Å². The quantitative estimate of drug-likeness (QED) is 0.147. The van der Waals surface area contributed by atoms with Gasteiger partial charge in [-0.1, -0.05) is 188 Å². The zero-order chi connectivity index (χ0) is 51.7.